The number of aromatic nitrogens is 3. The van der Waals surface area contributed by atoms with Crippen molar-refractivity contribution >= 4 is 11.2 Å². The van der Waals surface area contributed by atoms with Crippen LogP contribution >= 0.6 is 0 Å². The van der Waals surface area contributed by atoms with Crippen LogP contribution in [-0.2, 0) is 0 Å². The minimum absolute atomic E-state index is 0.135. The van der Waals surface area contributed by atoms with Crippen LogP contribution < -0.4 is 15.6 Å². The lowest BCUT2D eigenvalue weighted by Gasteiger charge is -2.21. The molecule has 3 N–H and O–H groups in total. The summed E-state index contributed by atoms with van der Waals surface area (Å²) in [5.74, 6) is 0. The zero-order valence-corrected chi connectivity index (χ0v) is 8.99. The lowest BCUT2D eigenvalue weighted by molar-refractivity contribution is -0.702. The molecule has 3 rings (SSSR count). The van der Waals surface area contributed by atoms with Crippen molar-refractivity contribution in [2.45, 2.75) is 18.9 Å². The second-order valence-corrected chi connectivity index (χ2v) is 4.24. The molecule has 1 aliphatic heterocycles. The van der Waals surface area contributed by atoms with Crippen molar-refractivity contribution in [1.29, 1.82) is 0 Å². The minimum Gasteiger partial charge on any atom is -0.316 e. The number of nitrogens with zero attached hydrogens (tertiary/aromatic N) is 1. The van der Waals surface area contributed by atoms with Crippen LogP contribution in [0.2, 0.25) is 0 Å². The van der Waals surface area contributed by atoms with Crippen LogP contribution in [0.25, 0.3) is 11.2 Å². The van der Waals surface area contributed by atoms with Crippen molar-refractivity contribution in [2.24, 2.45) is 0 Å². The van der Waals surface area contributed by atoms with Crippen molar-refractivity contribution in [3.05, 3.63) is 28.8 Å². The Labute approximate surface area is 92.5 Å². The molecule has 0 bridgehead atoms. The Hall–Kier alpha value is -1.62. The highest BCUT2D eigenvalue weighted by Crippen LogP contribution is 2.13. The Morgan fingerprint density at radius 1 is 1.25 bits per heavy atom. The van der Waals surface area contributed by atoms with Gasteiger partial charge in [0.25, 0.3) is 0 Å². The van der Waals surface area contributed by atoms with E-state index in [9.17, 15) is 4.79 Å². The van der Waals surface area contributed by atoms with Crippen LogP contribution in [0, 0.1) is 0 Å². The normalized spacial score (nSPS) is 18.0. The van der Waals surface area contributed by atoms with Gasteiger partial charge in [0.1, 0.15) is 11.6 Å². The van der Waals surface area contributed by atoms with Crippen molar-refractivity contribution < 1.29 is 4.57 Å². The first-order valence-electron chi connectivity index (χ1n) is 5.67. The van der Waals surface area contributed by atoms with E-state index in [-0.39, 0.29) is 5.69 Å². The van der Waals surface area contributed by atoms with E-state index in [0.29, 0.717) is 6.04 Å². The number of rotatable bonds is 1. The van der Waals surface area contributed by atoms with Gasteiger partial charge in [-0.3, -0.25) is 4.98 Å². The van der Waals surface area contributed by atoms with E-state index in [1.54, 1.807) is 0 Å². The van der Waals surface area contributed by atoms with Crippen LogP contribution in [0.4, 0.5) is 0 Å². The Bertz CT molecular complexity index is 550. The van der Waals surface area contributed by atoms with Gasteiger partial charge in [0.05, 0.1) is 6.20 Å². The average molecular weight is 219 g/mol. The molecular weight excluding hydrogens is 204 g/mol. The van der Waals surface area contributed by atoms with Crippen molar-refractivity contribution in [1.82, 2.24) is 15.3 Å². The van der Waals surface area contributed by atoms with Crippen molar-refractivity contribution in [3.8, 4) is 0 Å². The first kappa shape index (κ1) is 9.59. The second-order valence-electron chi connectivity index (χ2n) is 4.24. The van der Waals surface area contributed by atoms with Gasteiger partial charge in [0, 0.05) is 12.8 Å². The number of imidazole rings is 1. The molecule has 3 heterocycles. The summed E-state index contributed by atoms with van der Waals surface area (Å²) in [6.07, 6.45) is 4.26. The van der Waals surface area contributed by atoms with Crippen LogP contribution in [0.3, 0.4) is 0 Å². The number of hydrogen-bond donors (Lipinski definition) is 3. The van der Waals surface area contributed by atoms with Crippen LogP contribution in [-0.4, -0.2) is 23.1 Å². The van der Waals surface area contributed by atoms with Gasteiger partial charge in [-0.15, -0.1) is 0 Å². The van der Waals surface area contributed by atoms with E-state index in [0.717, 1.165) is 37.1 Å². The highest BCUT2D eigenvalue weighted by molar-refractivity contribution is 5.65. The molecule has 5 nitrogen and oxygen atoms in total. The number of nitrogens with one attached hydrogen (secondary N) is 3. The molecule has 0 spiro atoms. The lowest BCUT2D eigenvalue weighted by Crippen LogP contribution is -2.45. The van der Waals surface area contributed by atoms with E-state index in [1.165, 1.54) is 0 Å². The van der Waals surface area contributed by atoms with Gasteiger partial charge >= 0.3 is 11.3 Å². The standard InChI is InChI=1S/C11H14N4O/c16-11-13-9-2-1-7-15(10(9)14-11)8-3-5-12-6-4-8/h1-2,7-8,12H,3-6H2,(H,13,16)/p+1. The zero-order valence-electron chi connectivity index (χ0n) is 8.99. The third-order valence-corrected chi connectivity index (χ3v) is 3.21. The molecule has 0 amide bonds. The molecule has 5 heteroatoms. The van der Waals surface area contributed by atoms with Gasteiger partial charge in [-0.2, -0.15) is 4.98 Å². The molecule has 1 aliphatic rings. The SMILES string of the molecule is O=c1[nH]c2ccc[n+](C3CCNCC3)c2[nH]1. The fourth-order valence-electron chi connectivity index (χ4n) is 2.41. The molecule has 84 valence electrons. The predicted octanol–water partition coefficient (Wildman–Crippen LogP) is 0.0682. The van der Waals surface area contributed by atoms with Crippen molar-refractivity contribution in [3.63, 3.8) is 0 Å². The Balaban J connectivity index is 2.11. The smallest absolute Gasteiger partial charge is 0.316 e. The topological polar surface area (TPSA) is 64.6 Å². The van der Waals surface area contributed by atoms with E-state index in [1.807, 2.05) is 18.3 Å². The molecule has 0 aromatic carbocycles. The van der Waals surface area contributed by atoms with E-state index >= 15 is 0 Å². The largest absolute Gasteiger partial charge is 0.411 e. The molecule has 2 aromatic rings. The molecule has 0 atom stereocenters. The van der Waals surface area contributed by atoms with Gasteiger partial charge in [-0.25, -0.2) is 9.36 Å². The summed E-state index contributed by atoms with van der Waals surface area (Å²) >= 11 is 0. The van der Waals surface area contributed by atoms with Crippen molar-refractivity contribution in [2.75, 3.05) is 13.1 Å². The first-order chi connectivity index (χ1) is 7.84. The number of pyridine rings is 1. The molecular formula is C11H15N4O+. The summed E-state index contributed by atoms with van der Waals surface area (Å²) in [4.78, 5) is 16.9. The number of piperidine rings is 1. The number of H-pyrrole nitrogens is 2. The molecule has 1 saturated heterocycles. The number of hydrogen-bond acceptors (Lipinski definition) is 2. The number of aromatic amines is 2. The molecule has 16 heavy (non-hydrogen) atoms. The minimum atomic E-state index is -0.135. The molecule has 0 radical (unpaired) electrons. The van der Waals surface area contributed by atoms with Crippen LogP contribution in [0.5, 0.6) is 0 Å². The molecule has 1 fully saturated rings. The second kappa shape index (κ2) is 3.75. The van der Waals surface area contributed by atoms with Gasteiger partial charge in [0.2, 0.25) is 0 Å². The highest BCUT2D eigenvalue weighted by Gasteiger charge is 2.21. The summed E-state index contributed by atoms with van der Waals surface area (Å²) in [5.41, 5.74) is 1.65. The number of fused-ring (bicyclic) bond motifs is 1. The van der Waals surface area contributed by atoms with Gasteiger partial charge in [0.15, 0.2) is 0 Å². The Morgan fingerprint density at radius 2 is 2.06 bits per heavy atom. The lowest BCUT2D eigenvalue weighted by atomic mass is 10.1. The van der Waals surface area contributed by atoms with Gasteiger partial charge < -0.3 is 5.32 Å². The van der Waals surface area contributed by atoms with E-state index < -0.39 is 0 Å². The summed E-state index contributed by atoms with van der Waals surface area (Å²) < 4.78 is 2.17. The zero-order chi connectivity index (χ0) is 11.0. The monoisotopic (exact) mass is 219 g/mol. The predicted molar refractivity (Wildman–Crippen MR) is 60.3 cm³/mol. The van der Waals surface area contributed by atoms with Crippen LogP contribution in [0.1, 0.15) is 18.9 Å². The van der Waals surface area contributed by atoms with E-state index in [4.69, 9.17) is 0 Å². The molecule has 0 aliphatic carbocycles. The Kier molecular flexibility index (Phi) is 2.25. The molecule has 2 aromatic heterocycles. The third-order valence-electron chi connectivity index (χ3n) is 3.21. The average Bonchev–Trinajstić information content (AvgIpc) is 2.70. The molecule has 0 unspecified atom stereocenters. The summed E-state index contributed by atoms with van der Waals surface area (Å²) in [5, 5.41) is 3.34. The fraction of sp³-hybridized carbons (Fsp3) is 0.455. The van der Waals surface area contributed by atoms with Crippen LogP contribution in [0.15, 0.2) is 23.1 Å². The quantitative estimate of drug-likeness (QED) is 0.594. The fourth-order valence-corrected chi connectivity index (χ4v) is 2.41. The summed E-state index contributed by atoms with van der Waals surface area (Å²) in [6, 6.07) is 4.38. The molecule has 0 saturated carbocycles. The summed E-state index contributed by atoms with van der Waals surface area (Å²) in [7, 11) is 0. The van der Waals surface area contributed by atoms with Gasteiger partial charge in [-0.05, 0) is 25.2 Å². The third kappa shape index (κ3) is 1.53. The maximum absolute atomic E-state index is 11.3. The maximum Gasteiger partial charge on any atom is 0.411 e. The summed E-state index contributed by atoms with van der Waals surface area (Å²) in [6.45, 7) is 2.09. The Morgan fingerprint density at radius 3 is 2.88 bits per heavy atom. The highest BCUT2D eigenvalue weighted by atomic mass is 16.1. The van der Waals surface area contributed by atoms with E-state index in [2.05, 4.69) is 19.9 Å². The maximum atomic E-state index is 11.3. The first-order valence-corrected chi connectivity index (χ1v) is 5.67. The van der Waals surface area contributed by atoms with Gasteiger partial charge in [-0.1, -0.05) is 0 Å².